The highest BCUT2D eigenvalue weighted by molar-refractivity contribution is 5.85. The van der Waals surface area contributed by atoms with Crippen molar-refractivity contribution in [3.63, 3.8) is 0 Å². The van der Waals surface area contributed by atoms with E-state index in [-0.39, 0.29) is 30.8 Å². The summed E-state index contributed by atoms with van der Waals surface area (Å²) in [5.41, 5.74) is 6.63. The van der Waals surface area contributed by atoms with Crippen molar-refractivity contribution in [3.8, 4) is 0 Å². The van der Waals surface area contributed by atoms with Crippen molar-refractivity contribution in [3.05, 3.63) is 30.1 Å². The lowest BCUT2D eigenvalue weighted by molar-refractivity contribution is -0.141. The third-order valence-corrected chi connectivity index (χ3v) is 1.75. The summed E-state index contributed by atoms with van der Waals surface area (Å²) in [6.45, 7) is 0. The van der Waals surface area contributed by atoms with Crippen LogP contribution < -0.4 is 5.73 Å². The first kappa shape index (κ1) is 12.9. The minimum Gasteiger partial charge on any atom is -0.469 e. The van der Waals surface area contributed by atoms with E-state index in [2.05, 4.69) is 9.72 Å². The van der Waals surface area contributed by atoms with E-state index in [0.29, 0.717) is 0 Å². The Morgan fingerprint density at radius 2 is 2.14 bits per heavy atom. The molecule has 0 bridgehead atoms. The highest BCUT2D eigenvalue weighted by Crippen LogP contribution is 2.12. The van der Waals surface area contributed by atoms with E-state index < -0.39 is 0 Å². The Hall–Kier alpha value is -1.13. The van der Waals surface area contributed by atoms with E-state index in [1.54, 1.807) is 24.5 Å². The molecule has 0 radical (unpaired) electrons. The normalized spacial score (nSPS) is 11.3. The van der Waals surface area contributed by atoms with Crippen LogP contribution in [0.3, 0.4) is 0 Å². The van der Waals surface area contributed by atoms with Gasteiger partial charge in [0.05, 0.1) is 13.5 Å². The summed E-state index contributed by atoms with van der Waals surface area (Å²) < 4.78 is 4.51. The third-order valence-electron chi connectivity index (χ3n) is 1.75. The standard InChI is InChI=1S/C9H12N2O2.ClH/c1-13-9(12)6-8(10)7-2-4-11-5-3-7;/h2-5,8H,6,10H2,1H3;1H/t8-;/m1./s1. The number of carbonyl (C=O) groups excluding carboxylic acids is 1. The molecule has 4 nitrogen and oxygen atoms in total. The number of hydrogen-bond acceptors (Lipinski definition) is 4. The SMILES string of the molecule is COC(=O)C[C@@H](N)c1ccncc1.Cl. The molecule has 1 rings (SSSR count). The van der Waals surface area contributed by atoms with Crippen LogP contribution in [0.4, 0.5) is 0 Å². The van der Waals surface area contributed by atoms with Crippen LogP contribution in [0.25, 0.3) is 0 Å². The van der Waals surface area contributed by atoms with Crippen molar-refractivity contribution in [1.29, 1.82) is 0 Å². The molecule has 1 atom stereocenters. The number of pyridine rings is 1. The maximum absolute atomic E-state index is 10.9. The van der Waals surface area contributed by atoms with Crippen LogP contribution >= 0.6 is 12.4 Å². The van der Waals surface area contributed by atoms with Gasteiger partial charge < -0.3 is 10.5 Å². The molecule has 0 aromatic carbocycles. The number of ether oxygens (including phenoxy) is 1. The number of esters is 1. The second kappa shape index (κ2) is 6.34. The van der Waals surface area contributed by atoms with E-state index in [4.69, 9.17) is 5.73 Å². The lowest BCUT2D eigenvalue weighted by Crippen LogP contribution is -2.16. The third kappa shape index (κ3) is 3.72. The first-order chi connectivity index (χ1) is 6.24. The molecule has 1 aromatic heterocycles. The van der Waals surface area contributed by atoms with E-state index in [9.17, 15) is 4.79 Å². The summed E-state index contributed by atoms with van der Waals surface area (Å²) in [6.07, 6.45) is 3.49. The number of halogens is 1. The monoisotopic (exact) mass is 216 g/mol. The number of carbonyl (C=O) groups is 1. The van der Waals surface area contributed by atoms with Gasteiger partial charge in [-0.05, 0) is 17.7 Å². The molecule has 2 N–H and O–H groups in total. The fraction of sp³-hybridized carbons (Fsp3) is 0.333. The van der Waals surface area contributed by atoms with Gasteiger partial charge in [0.2, 0.25) is 0 Å². The topological polar surface area (TPSA) is 65.2 Å². The number of nitrogens with two attached hydrogens (primary N) is 1. The van der Waals surface area contributed by atoms with Crippen LogP contribution in [0.15, 0.2) is 24.5 Å². The molecule has 0 spiro atoms. The van der Waals surface area contributed by atoms with Crippen molar-refractivity contribution in [1.82, 2.24) is 4.98 Å². The summed E-state index contributed by atoms with van der Waals surface area (Å²) in [5.74, 6) is -0.302. The van der Waals surface area contributed by atoms with Crippen LogP contribution in [0.1, 0.15) is 18.0 Å². The van der Waals surface area contributed by atoms with E-state index >= 15 is 0 Å². The van der Waals surface area contributed by atoms with Crippen molar-refractivity contribution in [2.24, 2.45) is 5.73 Å². The zero-order valence-electron chi connectivity index (χ0n) is 7.84. The predicted octanol–water partition coefficient (Wildman–Crippen LogP) is 1.07. The van der Waals surface area contributed by atoms with E-state index in [0.717, 1.165) is 5.56 Å². The molecule has 0 aliphatic heterocycles. The number of methoxy groups -OCH3 is 1. The number of hydrogen-bond donors (Lipinski definition) is 1. The zero-order chi connectivity index (χ0) is 9.68. The summed E-state index contributed by atoms with van der Waals surface area (Å²) in [5, 5.41) is 0. The van der Waals surface area contributed by atoms with Gasteiger partial charge in [-0.1, -0.05) is 0 Å². The molecule has 0 aliphatic rings. The summed E-state index contributed by atoms with van der Waals surface area (Å²) >= 11 is 0. The van der Waals surface area contributed by atoms with Gasteiger partial charge in [-0.2, -0.15) is 0 Å². The predicted molar refractivity (Wildman–Crippen MR) is 55.0 cm³/mol. The molecule has 0 unspecified atom stereocenters. The van der Waals surface area contributed by atoms with E-state index in [1.807, 2.05) is 0 Å². The second-order valence-corrected chi connectivity index (χ2v) is 2.67. The van der Waals surface area contributed by atoms with Gasteiger partial charge in [0.15, 0.2) is 0 Å². The molecule has 1 aromatic rings. The molecule has 0 fully saturated rings. The number of nitrogens with zero attached hydrogens (tertiary/aromatic N) is 1. The lowest BCUT2D eigenvalue weighted by Gasteiger charge is -2.09. The number of aromatic nitrogens is 1. The Kier molecular flexibility index (Phi) is 5.83. The van der Waals surface area contributed by atoms with Gasteiger partial charge in [-0.25, -0.2) is 0 Å². The molecule has 14 heavy (non-hydrogen) atoms. The molecule has 78 valence electrons. The fourth-order valence-electron chi connectivity index (χ4n) is 0.991. The molecular formula is C9H13ClN2O2. The molecule has 5 heteroatoms. The highest BCUT2D eigenvalue weighted by atomic mass is 35.5. The smallest absolute Gasteiger partial charge is 0.307 e. The minimum absolute atomic E-state index is 0. The highest BCUT2D eigenvalue weighted by Gasteiger charge is 2.10. The van der Waals surface area contributed by atoms with E-state index in [1.165, 1.54) is 7.11 Å². The minimum atomic E-state index is -0.310. The van der Waals surface area contributed by atoms with Gasteiger partial charge in [0.25, 0.3) is 0 Å². The first-order valence-corrected chi connectivity index (χ1v) is 3.96. The van der Waals surface area contributed by atoms with Crippen molar-refractivity contribution >= 4 is 18.4 Å². The Balaban J connectivity index is 0.00000169. The zero-order valence-corrected chi connectivity index (χ0v) is 8.66. The molecule has 0 saturated carbocycles. The molecule has 0 amide bonds. The van der Waals surface area contributed by atoms with Crippen molar-refractivity contribution < 1.29 is 9.53 Å². The average Bonchev–Trinajstić information content (AvgIpc) is 2.19. The van der Waals surface area contributed by atoms with Crippen LogP contribution in [0.2, 0.25) is 0 Å². The average molecular weight is 217 g/mol. The Morgan fingerprint density at radius 1 is 1.57 bits per heavy atom. The van der Waals surface area contributed by atoms with Crippen LogP contribution in [0, 0.1) is 0 Å². The van der Waals surface area contributed by atoms with Gasteiger partial charge in [0, 0.05) is 18.4 Å². The van der Waals surface area contributed by atoms with Gasteiger partial charge in [-0.15, -0.1) is 12.4 Å². The Labute approximate surface area is 88.9 Å². The largest absolute Gasteiger partial charge is 0.469 e. The van der Waals surface area contributed by atoms with Gasteiger partial charge >= 0.3 is 5.97 Å². The Morgan fingerprint density at radius 3 is 2.64 bits per heavy atom. The molecular weight excluding hydrogens is 204 g/mol. The Bertz CT molecular complexity index is 279. The second-order valence-electron chi connectivity index (χ2n) is 2.67. The molecule has 0 saturated heterocycles. The van der Waals surface area contributed by atoms with Gasteiger partial charge in [0.1, 0.15) is 0 Å². The first-order valence-electron chi connectivity index (χ1n) is 3.96. The fourth-order valence-corrected chi connectivity index (χ4v) is 0.991. The summed E-state index contributed by atoms with van der Waals surface area (Å²) in [6, 6.07) is 3.26. The maximum Gasteiger partial charge on any atom is 0.307 e. The van der Waals surface area contributed by atoms with Gasteiger partial charge in [-0.3, -0.25) is 9.78 Å². The van der Waals surface area contributed by atoms with Crippen LogP contribution in [0.5, 0.6) is 0 Å². The van der Waals surface area contributed by atoms with Crippen LogP contribution in [-0.4, -0.2) is 18.1 Å². The molecule has 1 heterocycles. The lowest BCUT2D eigenvalue weighted by atomic mass is 10.1. The van der Waals surface area contributed by atoms with Crippen molar-refractivity contribution in [2.45, 2.75) is 12.5 Å². The van der Waals surface area contributed by atoms with Crippen molar-refractivity contribution in [2.75, 3.05) is 7.11 Å². The molecule has 0 aliphatic carbocycles. The number of rotatable bonds is 3. The quantitative estimate of drug-likeness (QED) is 0.768. The summed E-state index contributed by atoms with van der Waals surface area (Å²) in [4.78, 5) is 14.7. The summed E-state index contributed by atoms with van der Waals surface area (Å²) in [7, 11) is 1.35. The van der Waals surface area contributed by atoms with Crippen LogP contribution in [-0.2, 0) is 9.53 Å². The maximum atomic E-state index is 10.9.